The van der Waals surface area contributed by atoms with Crippen LogP contribution in [-0.4, -0.2) is 7.05 Å². The van der Waals surface area contributed by atoms with Crippen LogP contribution in [0.25, 0.3) is 0 Å². The van der Waals surface area contributed by atoms with Gasteiger partial charge >= 0.3 is 6.18 Å². The first-order chi connectivity index (χ1) is 9.25. The monoisotopic (exact) mass is 285 g/mol. The van der Waals surface area contributed by atoms with Crippen molar-refractivity contribution in [2.75, 3.05) is 7.05 Å². The normalized spacial score (nSPS) is 23.8. The molecule has 0 saturated heterocycles. The van der Waals surface area contributed by atoms with Crippen LogP contribution in [0.2, 0.25) is 0 Å². The summed E-state index contributed by atoms with van der Waals surface area (Å²) in [6.45, 7) is 4.50. The molecule has 0 aromatic heterocycles. The molecule has 4 heteroatoms. The molecule has 112 valence electrons. The summed E-state index contributed by atoms with van der Waals surface area (Å²) in [6, 6.07) is 5.70. The lowest BCUT2D eigenvalue weighted by molar-refractivity contribution is -0.137. The number of nitrogens with one attached hydrogen (secondary N) is 1. The van der Waals surface area contributed by atoms with Crippen LogP contribution in [0.5, 0.6) is 0 Å². The van der Waals surface area contributed by atoms with Gasteiger partial charge in [-0.05, 0) is 48.9 Å². The zero-order valence-corrected chi connectivity index (χ0v) is 12.2. The summed E-state index contributed by atoms with van der Waals surface area (Å²) in [6.07, 6.45) is -0.771. The van der Waals surface area contributed by atoms with Gasteiger partial charge in [0.1, 0.15) is 0 Å². The van der Waals surface area contributed by atoms with E-state index < -0.39 is 11.7 Å². The van der Waals surface area contributed by atoms with Crippen molar-refractivity contribution in [1.29, 1.82) is 0 Å². The third-order valence-corrected chi connectivity index (χ3v) is 4.65. The van der Waals surface area contributed by atoms with Crippen LogP contribution < -0.4 is 5.32 Å². The molecule has 2 rings (SSSR count). The molecule has 1 aliphatic carbocycles. The number of hydrogen-bond donors (Lipinski definition) is 1. The fraction of sp³-hybridized carbons (Fsp3) is 0.625. The molecule has 2 unspecified atom stereocenters. The van der Waals surface area contributed by atoms with Crippen molar-refractivity contribution in [3.63, 3.8) is 0 Å². The van der Waals surface area contributed by atoms with Crippen LogP contribution in [0.4, 0.5) is 13.2 Å². The molecule has 1 aromatic rings. The van der Waals surface area contributed by atoms with Crippen molar-refractivity contribution in [3.8, 4) is 0 Å². The van der Waals surface area contributed by atoms with Gasteiger partial charge in [-0.3, -0.25) is 0 Å². The van der Waals surface area contributed by atoms with E-state index >= 15 is 0 Å². The van der Waals surface area contributed by atoms with Crippen molar-refractivity contribution in [1.82, 2.24) is 5.32 Å². The predicted molar refractivity (Wildman–Crippen MR) is 74.4 cm³/mol. The molecule has 0 spiro atoms. The van der Waals surface area contributed by atoms with Crippen molar-refractivity contribution in [2.45, 2.75) is 45.3 Å². The van der Waals surface area contributed by atoms with E-state index in [2.05, 4.69) is 19.2 Å². The molecule has 0 radical (unpaired) electrons. The minimum atomic E-state index is -4.26. The van der Waals surface area contributed by atoms with E-state index in [0.717, 1.165) is 12.0 Å². The Morgan fingerprint density at radius 3 is 2.20 bits per heavy atom. The second-order valence-corrected chi connectivity index (χ2v) is 6.37. The Balaban J connectivity index is 2.24. The largest absolute Gasteiger partial charge is 0.416 e. The number of hydrogen-bond acceptors (Lipinski definition) is 1. The highest BCUT2D eigenvalue weighted by atomic mass is 19.4. The van der Waals surface area contributed by atoms with E-state index in [0.29, 0.717) is 5.92 Å². The zero-order chi connectivity index (χ0) is 15.0. The predicted octanol–water partition coefficient (Wildman–Crippen LogP) is 4.79. The van der Waals surface area contributed by atoms with E-state index in [9.17, 15) is 13.2 Å². The van der Waals surface area contributed by atoms with Crippen LogP contribution in [0.3, 0.4) is 0 Å². The van der Waals surface area contributed by atoms with Gasteiger partial charge in [0.05, 0.1) is 5.56 Å². The molecule has 0 aliphatic heterocycles. The van der Waals surface area contributed by atoms with Crippen LogP contribution >= 0.6 is 0 Å². The minimum absolute atomic E-state index is 0.120. The molecular formula is C16H22F3N. The molecule has 1 nitrogen and oxygen atoms in total. The lowest BCUT2D eigenvalue weighted by Crippen LogP contribution is -2.32. The summed E-state index contributed by atoms with van der Waals surface area (Å²) in [5.41, 5.74) is 0.596. The molecule has 1 aliphatic rings. The van der Waals surface area contributed by atoms with Gasteiger partial charge in [0.2, 0.25) is 0 Å². The third-order valence-electron chi connectivity index (χ3n) is 4.65. The Labute approximate surface area is 118 Å². The Kier molecular flexibility index (Phi) is 4.14. The summed E-state index contributed by atoms with van der Waals surface area (Å²) in [5.74, 6) is 0.462. The van der Waals surface area contributed by atoms with Gasteiger partial charge in [-0.15, -0.1) is 0 Å². The summed E-state index contributed by atoms with van der Waals surface area (Å²) >= 11 is 0. The van der Waals surface area contributed by atoms with E-state index in [1.165, 1.54) is 25.0 Å². The van der Waals surface area contributed by atoms with Crippen LogP contribution in [0, 0.1) is 11.3 Å². The molecular weight excluding hydrogens is 263 g/mol. The van der Waals surface area contributed by atoms with Gasteiger partial charge in [-0.2, -0.15) is 13.2 Å². The molecule has 1 fully saturated rings. The summed E-state index contributed by atoms with van der Waals surface area (Å²) in [5, 5.41) is 3.29. The smallest absolute Gasteiger partial charge is 0.313 e. The highest BCUT2D eigenvalue weighted by Gasteiger charge is 2.39. The van der Waals surface area contributed by atoms with E-state index in [1.807, 2.05) is 7.05 Å². The molecule has 0 amide bonds. The first-order valence-corrected chi connectivity index (χ1v) is 7.10. The number of alkyl halides is 3. The lowest BCUT2D eigenvalue weighted by atomic mass is 9.75. The van der Waals surface area contributed by atoms with Gasteiger partial charge in [-0.25, -0.2) is 0 Å². The second-order valence-electron chi connectivity index (χ2n) is 6.37. The minimum Gasteiger partial charge on any atom is -0.313 e. The molecule has 0 heterocycles. The van der Waals surface area contributed by atoms with Gasteiger partial charge in [-0.1, -0.05) is 32.4 Å². The zero-order valence-electron chi connectivity index (χ0n) is 12.2. The number of benzene rings is 1. The average molecular weight is 285 g/mol. The van der Waals surface area contributed by atoms with E-state index in [4.69, 9.17) is 0 Å². The van der Waals surface area contributed by atoms with Gasteiger partial charge in [0.25, 0.3) is 0 Å². The Morgan fingerprint density at radius 2 is 1.80 bits per heavy atom. The molecule has 0 bridgehead atoms. The van der Waals surface area contributed by atoms with Crippen molar-refractivity contribution >= 4 is 0 Å². The molecule has 1 saturated carbocycles. The quantitative estimate of drug-likeness (QED) is 0.841. The Bertz CT molecular complexity index is 448. The molecule has 1 N–H and O–H groups in total. The summed E-state index contributed by atoms with van der Waals surface area (Å²) < 4.78 is 37.8. The third kappa shape index (κ3) is 3.00. The van der Waals surface area contributed by atoms with E-state index in [-0.39, 0.29) is 11.5 Å². The fourth-order valence-corrected chi connectivity index (χ4v) is 3.45. The maximum Gasteiger partial charge on any atom is 0.416 e. The first kappa shape index (κ1) is 15.4. The maximum absolute atomic E-state index is 12.6. The van der Waals surface area contributed by atoms with Crippen molar-refractivity contribution in [3.05, 3.63) is 35.4 Å². The fourth-order valence-electron chi connectivity index (χ4n) is 3.45. The van der Waals surface area contributed by atoms with Crippen LogP contribution in [0.15, 0.2) is 24.3 Å². The summed E-state index contributed by atoms with van der Waals surface area (Å²) in [4.78, 5) is 0. The maximum atomic E-state index is 12.6. The molecule has 2 atom stereocenters. The highest BCUT2D eigenvalue weighted by Crippen LogP contribution is 2.48. The van der Waals surface area contributed by atoms with Gasteiger partial charge in [0, 0.05) is 6.04 Å². The lowest BCUT2D eigenvalue weighted by Gasteiger charge is -2.34. The van der Waals surface area contributed by atoms with Crippen LogP contribution in [-0.2, 0) is 6.18 Å². The first-order valence-electron chi connectivity index (χ1n) is 7.10. The molecule has 1 aromatic carbocycles. The Morgan fingerprint density at radius 1 is 1.20 bits per heavy atom. The second kappa shape index (κ2) is 5.40. The Hall–Kier alpha value is -1.03. The van der Waals surface area contributed by atoms with E-state index in [1.54, 1.807) is 12.1 Å². The summed E-state index contributed by atoms with van der Waals surface area (Å²) in [7, 11) is 1.89. The number of halogens is 3. The highest BCUT2D eigenvalue weighted by molar-refractivity contribution is 5.27. The topological polar surface area (TPSA) is 12.0 Å². The van der Waals surface area contributed by atoms with Crippen LogP contribution in [0.1, 0.15) is 50.3 Å². The number of rotatable bonds is 3. The molecule has 20 heavy (non-hydrogen) atoms. The van der Waals surface area contributed by atoms with Crippen molar-refractivity contribution in [2.24, 2.45) is 11.3 Å². The van der Waals surface area contributed by atoms with Gasteiger partial charge in [0.15, 0.2) is 0 Å². The van der Waals surface area contributed by atoms with Crippen molar-refractivity contribution < 1.29 is 13.2 Å². The standard InChI is InChI=1S/C16H22F3N/c1-15(2)10-4-5-13(15)14(20-3)11-6-8-12(9-7-11)16(17,18)19/h6-9,13-14,20H,4-5,10H2,1-3H3. The van der Waals surface area contributed by atoms with Gasteiger partial charge < -0.3 is 5.32 Å². The SMILES string of the molecule is CNC(c1ccc(C(F)(F)F)cc1)C1CCCC1(C)C. The average Bonchev–Trinajstić information content (AvgIpc) is 2.70.